The molecule has 0 bridgehead atoms. The molecular weight excluding hydrogens is 290 g/mol. The second-order valence-electron chi connectivity index (χ2n) is 5.68. The predicted octanol–water partition coefficient (Wildman–Crippen LogP) is 4.10. The van der Waals surface area contributed by atoms with Gasteiger partial charge in [0.2, 0.25) is 0 Å². The van der Waals surface area contributed by atoms with E-state index in [1.165, 1.54) is 5.56 Å². The SMILES string of the molecule is COc1ccc(N(C)C(=O)c2ccc(C(C)C)cc2)cc1OC. The first-order valence-corrected chi connectivity index (χ1v) is 7.58. The molecule has 2 aromatic rings. The van der Waals surface area contributed by atoms with Crippen LogP contribution in [0.1, 0.15) is 35.7 Å². The number of nitrogens with zero attached hydrogens (tertiary/aromatic N) is 1. The van der Waals surface area contributed by atoms with Crippen molar-refractivity contribution in [1.82, 2.24) is 0 Å². The van der Waals surface area contributed by atoms with Gasteiger partial charge in [0.25, 0.3) is 5.91 Å². The molecule has 4 heteroatoms. The average Bonchev–Trinajstić information content (AvgIpc) is 2.59. The minimum absolute atomic E-state index is 0.0625. The number of carbonyl (C=O) groups is 1. The standard InChI is InChI=1S/C19H23NO3/c1-13(2)14-6-8-15(9-7-14)19(21)20(3)16-10-11-17(22-4)18(12-16)23-5/h6-13H,1-5H3. The molecule has 0 saturated heterocycles. The Morgan fingerprint density at radius 3 is 2.09 bits per heavy atom. The van der Waals surface area contributed by atoms with Crippen LogP contribution in [0, 0.1) is 0 Å². The molecule has 122 valence electrons. The molecule has 2 aromatic carbocycles. The average molecular weight is 313 g/mol. The van der Waals surface area contributed by atoms with Gasteiger partial charge in [0, 0.05) is 24.4 Å². The lowest BCUT2D eigenvalue weighted by atomic mass is 10.0. The van der Waals surface area contributed by atoms with E-state index in [1.54, 1.807) is 38.3 Å². The molecule has 2 rings (SSSR count). The van der Waals surface area contributed by atoms with Gasteiger partial charge in [0.1, 0.15) is 0 Å². The van der Waals surface area contributed by atoms with E-state index < -0.39 is 0 Å². The van der Waals surface area contributed by atoms with Gasteiger partial charge in [-0.25, -0.2) is 0 Å². The Morgan fingerprint density at radius 2 is 1.57 bits per heavy atom. The fraction of sp³-hybridized carbons (Fsp3) is 0.316. The maximum atomic E-state index is 12.6. The Hall–Kier alpha value is -2.49. The molecule has 0 aliphatic rings. The van der Waals surface area contributed by atoms with E-state index >= 15 is 0 Å². The van der Waals surface area contributed by atoms with Crippen LogP contribution < -0.4 is 14.4 Å². The summed E-state index contributed by atoms with van der Waals surface area (Å²) in [5.41, 5.74) is 2.63. The third kappa shape index (κ3) is 3.65. The second kappa shape index (κ2) is 7.18. The van der Waals surface area contributed by atoms with E-state index in [1.807, 2.05) is 30.3 Å². The molecule has 0 heterocycles. The van der Waals surface area contributed by atoms with Crippen LogP contribution in [0.3, 0.4) is 0 Å². The minimum atomic E-state index is -0.0625. The highest BCUT2D eigenvalue weighted by molar-refractivity contribution is 6.05. The maximum Gasteiger partial charge on any atom is 0.258 e. The van der Waals surface area contributed by atoms with Crippen LogP contribution in [0.4, 0.5) is 5.69 Å². The summed E-state index contributed by atoms with van der Waals surface area (Å²) in [6.07, 6.45) is 0. The predicted molar refractivity (Wildman–Crippen MR) is 92.8 cm³/mol. The van der Waals surface area contributed by atoms with Crippen LogP contribution in [0.15, 0.2) is 42.5 Å². The molecule has 0 aliphatic carbocycles. The number of benzene rings is 2. The van der Waals surface area contributed by atoms with Crippen molar-refractivity contribution in [2.45, 2.75) is 19.8 Å². The quantitative estimate of drug-likeness (QED) is 0.834. The Bertz CT molecular complexity index is 678. The molecule has 1 amide bonds. The van der Waals surface area contributed by atoms with E-state index in [-0.39, 0.29) is 5.91 Å². The van der Waals surface area contributed by atoms with Crippen LogP contribution in [-0.4, -0.2) is 27.2 Å². The summed E-state index contributed by atoms with van der Waals surface area (Å²) >= 11 is 0. The van der Waals surface area contributed by atoms with Gasteiger partial charge >= 0.3 is 0 Å². The topological polar surface area (TPSA) is 38.8 Å². The highest BCUT2D eigenvalue weighted by Crippen LogP contribution is 2.31. The molecule has 0 aromatic heterocycles. The number of rotatable bonds is 5. The highest BCUT2D eigenvalue weighted by Gasteiger charge is 2.15. The molecule has 0 fully saturated rings. The van der Waals surface area contributed by atoms with Crippen molar-refractivity contribution >= 4 is 11.6 Å². The van der Waals surface area contributed by atoms with Gasteiger partial charge in [-0.2, -0.15) is 0 Å². The summed E-state index contributed by atoms with van der Waals surface area (Å²) in [5.74, 6) is 1.62. The summed E-state index contributed by atoms with van der Waals surface area (Å²) in [7, 11) is 4.91. The monoisotopic (exact) mass is 313 g/mol. The van der Waals surface area contributed by atoms with Crippen molar-refractivity contribution in [3.8, 4) is 11.5 Å². The van der Waals surface area contributed by atoms with E-state index in [2.05, 4.69) is 13.8 Å². The number of anilines is 1. The zero-order valence-electron chi connectivity index (χ0n) is 14.3. The van der Waals surface area contributed by atoms with Gasteiger partial charge in [0.05, 0.1) is 14.2 Å². The number of carbonyl (C=O) groups excluding carboxylic acids is 1. The lowest BCUT2D eigenvalue weighted by Crippen LogP contribution is -2.26. The zero-order chi connectivity index (χ0) is 17.0. The van der Waals surface area contributed by atoms with Crippen molar-refractivity contribution < 1.29 is 14.3 Å². The van der Waals surface area contributed by atoms with Gasteiger partial charge in [-0.3, -0.25) is 4.79 Å². The molecule has 0 atom stereocenters. The fourth-order valence-corrected chi connectivity index (χ4v) is 2.36. The molecule has 0 unspecified atom stereocenters. The Labute approximate surface area is 137 Å². The first-order valence-electron chi connectivity index (χ1n) is 7.58. The van der Waals surface area contributed by atoms with Crippen LogP contribution >= 0.6 is 0 Å². The van der Waals surface area contributed by atoms with E-state index in [4.69, 9.17) is 9.47 Å². The summed E-state index contributed by atoms with van der Waals surface area (Å²) in [5, 5.41) is 0. The van der Waals surface area contributed by atoms with E-state index in [0.29, 0.717) is 23.0 Å². The molecule has 0 N–H and O–H groups in total. The number of amides is 1. The zero-order valence-corrected chi connectivity index (χ0v) is 14.3. The summed E-state index contributed by atoms with van der Waals surface area (Å²) in [6.45, 7) is 4.26. The first kappa shape index (κ1) is 16.9. The van der Waals surface area contributed by atoms with Gasteiger partial charge in [-0.15, -0.1) is 0 Å². The molecule has 0 aliphatic heterocycles. The lowest BCUT2D eigenvalue weighted by Gasteiger charge is -2.19. The summed E-state index contributed by atoms with van der Waals surface area (Å²) in [6, 6.07) is 13.2. The van der Waals surface area contributed by atoms with Crippen molar-refractivity contribution in [2.75, 3.05) is 26.2 Å². The Balaban J connectivity index is 2.25. The van der Waals surface area contributed by atoms with Crippen molar-refractivity contribution in [3.05, 3.63) is 53.6 Å². The number of hydrogen-bond acceptors (Lipinski definition) is 3. The molecule has 0 spiro atoms. The third-order valence-electron chi connectivity index (χ3n) is 3.88. The Morgan fingerprint density at radius 1 is 0.957 bits per heavy atom. The number of hydrogen-bond donors (Lipinski definition) is 0. The summed E-state index contributed by atoms with van der Waals surface area (Å²) in [4.78, 5) is 14.2. The normalized spacial score (nSPS) is 10.5. The fourth-order valence-electron chi connectivity index (χ4n) is 2.36. The number of ether oxygens (including phenoxy) is 2. The van der Waals surface area contributed by atoms with Gasteiger partial charge in [-0.05, 0) is 35.7 Å². The van der Waals surface area contributed by atoms with Crippen LogP contribution in [-0.2, 0) is 0 Å². The van der Waals surface area contributed by atoms with Crippen LogP contribution in [0.5, 0.6) is 11.5 Å². The van der Waals surface area contributed by atoms with Crippen LogP contribution in [0.2, 0.25) is 0 Å². The smallest absolute Gasteiger partial charge is 0.258 e. The van der Waals surface area contributed by atoms with Crippen molar-refractivity contribution in [2.24, 2.45) is 0 Å². The molecule has 4 nitrogen and oxygen atoms in total. The van der Waals surface area contributed by atoms with Crippen molar-refractivity contribution in [1.29, 1.82) is 0 Å². The minimum Gasteiger partial charge on any atom is -0.493 e. The summed E-state index contributed by atoms with van der Waals surface area (Å²) < 4.78 is 10.5. The van der Waals surface area contributed by atoms with Crippen LogP contribution in [0.25, 0.3) is 0 Å². The largest absolute Gasteiger partial charge is 0.493 e. The molecule has 0 saturated carbocycles. The first-order chi connectivity index (χ1) is 11.0. The maximum absolute atomic E-state index is 12.6. The lowest BCUT2D eigenvalue weighted by molar-refractivity contribution is 0.0993. The van der Waals surface area contributed by atoms with Gasteiger partial charge in [-0.1, -0.05) is 26.0 Å². The molecule has 0 radical (unpaired) electrons. The van der Waals surface area contributed by atoms with Gasteiger partial charge < -0.3 is 14.4 Å². The third-order valence-corrected chi connectivity index (χ3v) is 3.88. The molecular formula is C19H23NO3. The second-order valence-corrected chi connectivity index (χ2v) is 5.68. The van der Waals surface area contributed by atoms with Crippen molar-refractivity contribution in [3.63, 3.8) is 0 Å². The van der Waals surface area contributed by atoms with E-state index in [9.17, 15) is 4.79 Å². The number of methoxy groups -OCH3 is 2. The Kier molecular flexibility index (Phi) is 5.27. The van der Waals surface area contributed by atoms with E-state index in [0.717, 1.165) is 5.69 Å². The van der Waals surface area contributed by atoms with Gasteiger partial charge in [0.15, 0.2) is 11.5 Å². The highest BCUT2D eigenvalue weighted by atomic mass is 16.5. The molecule has 23 heavy (non-hydrogen) atoms.